The van der Waals surface area contributed by atoms with Crippen LogP contribution in [0.25, 0.3) is 0 Å². The van der Waals surface area contributed by atoms with Gasteiger partial charge in [0, 0.05) is 17.5 Å². The standard InChI is InChI=1S/C15H24N2O3/c1-12(11-20-13(2)7-5-6-10-16)14-8-3-4-9-15(14)17(18)19/h3-4,8-9,12-13H,5-7,10-11,16H2,1-2H3. The number of rotatable bonds is 9. The molecule has 2 atom stereocenters. The Morgan fingerprint density at radius 2 is 2.00 bits per heavy atom. The molecular formula is C15H24N2O3. The second kappa shape index (κ2) is 8.66. The first-order valence-electron chi connectivity index (χ1n) is 7.11. The summed E-state index contributed by atoms with van der Waals surface area (Å²) >= 11 is 0. The van der Waals surface area contributed by atoms with E-state index in [4.69, 9.17) is 10.5 Å². The molecule has 0 heterocycles. The highest BCUT2D eigenvalue weighted by Crippen LogP contribution is 2.26. The van der Waals surface area contributed by atoms with Crippen molar-refractivity contribution < 1.29 is 9.66 Å². The molecule has 112 valence electrons. The van der Waals surface area contributed by atoms with Gasteiger partial charge in [-0.2, -0.15) is 0 Å². The monoisotopic (exact) mass is 280 g/mol. The number of para-hydroxylation sites is 1. The molecule has 2 unspecified atom stereocenters. The summed E-state index contributed by atoms with van der Waals surface area (Å²) in [6, 6.07) is 6.84. The lowest BCUT2D eigenvalue weighted by Crippen LogP contribution is -2.14. The van der Waals surface area contributed by atoms with Gasteiger partial charge in [0.05, 0.1) is 17.6 Å². The summed E-state index contributed by atoms with van der Waals surface area (Å²) in [5, 5.41) is 11.0. The minimum atomic E-state index is -0.337. The average Bonchev–Trinajstić information content (AvgIpc) is 2.45. The third-order valence-electron chi connectivity index (χ3n) is 3.36. The second-order valence-electron chi connectivity index (χ2n) is 5.15. The van der Waals surface area contributed by atoms with Crippen LogP contribution < -0.4 is 5.73 Å². The molecule has 0 aliphatic rings. The van der Waals surface area contributed by atoms with Crippen molar-refractivity contribution in [2.75, 3.05) is 13.2 Å². The van der Waals surface area contributed by atoms with E-state index in [1.165, 1.54) is 6.07 Å². The normalized spacial score (nSPS) is 13.9. The number of hydrogen-bond acceptors (Lipinski definition) is 4. The summed E-state index contributed by atoms with van der Waals surface area (Å²) in [6.07, 6.45) is 3.19. The van der Waals surface area contributed by atoms with Crippen LogP contribution in [0.5, 0.6) is 0 Å². The van der Waals surface area contributed by atoms with Crippen molar-refractivity contribution in [3.8, 4) is 0 Å². The van der Waals surface area contributed by atoms with Gasteiger partial charge in [-0.1, -0.05) is 25.1 Å². The van der Waals surface area contributed by atoms with Crippen LogP contribution in [0.2, 0.25) is 0 Å². The van der Waals surface area contributed by atoms with E-state index in [0.29, 0.717) is 13.2 Å². The summed E-state index contributed by atoms with van der Waals surface area (Å²) < 4.78 is 5.78. The van der Waals surface area contributed by atoms with E-state index in [2.05, 4.69) is 0 Å². The fourth-order valence-corrected chi connectivity index (χ4v) is 2.13. The maximum atomic E-state index is 11.0. The van der Waals surface area contributed by atoms with E-state index in [1.54, 1.807) is 12.1 Å². The summed E-state index contributed by atoms with van der Waals surface area (Å²) in [6.45, 7) is 5.19. The molecule has 0 spiro atoms. The van der Waals surface area contributed by atoms with E-state index in [1.807, 2.05) is 19.9 Å². The number of nitro groups is 1. The number of nitrogens with two attached hydrogens (primary N) is 1. The molecule has 0 amide bonds. The van der Waals surface area contributed by atoms with E-state index in [-0.39, 0.29) is 22.6 Å². The topological polar surface area (TPSA) is 78.4 Å². The van der Waals surface area contributed by atoms with Crippen LogP contribution >= 0.6 is 0 Å². The van der Waals surface area contributed by atoms with Crippen molar-refractivity contribution in [1.29, 1.82) is 0 Å². The van der Waals surface area contributed by atoms with Crippen LogP contribution in [0.15, 0.2) is 24.3 Å². The van der Waals surface area contributed by atoms with Crippen LogP contribution in [0.4, 0.5) is 5.69 Å². The fourth-order valence-electron chi connectivity index (χ4n) is 2.13. The summed E-state index contributed by atoms with van der Waals surface area (Å²) in [4.78, 5) is 10.7. The Labute approximate surface area is 120 Å². The maximum Gasteiger partial charge on any atom is 0.272 e. The van der Waals surface area contributed by atoms with Crippen molar-refractivity contribution in [3.63, 3.8) is 0 Å². The second-order valence-corrected chi connectivity index (χ2v) is 5.15. The molecule has 5 heteroatoms. The molecule has 0 aliphatic carbocycles. The molecule has 0 radical (unpaired) electrons. The van der Waals surface area contributed by atoms with Gasteiger partial charge in [0.1, 0.15) is 0 Å². The molecule has 0 bridgehead atoms. The van der Waals surface area contributed by atoms with Gasteiger partial charge in [0.25, 0.3) is 5.69 Å². The van der Waals surface area contributed by atoms with Crippen LogP contribution in [0.3, 0.4) is 0 Å². The molecule has 1 aromatic rings. The van der Waals surface area contributed by atoms with Gasteiger partial charge in [-0.05, 0) is 32.7 Å². The predicted molar refractivity (Wildman–Crippen MR) is 79.8 cm³/mol. The van der Waals surface area contributed by atoms with Crippen molar-refractivity contribution in [3.05, 3.63) is 39.9 Å². The Morgan fingerprint density at radius 3 is 2.65 bits per heavy atom. The Balaban J connectivity index is 2.50. The highest BCUT2D eigenvalue weighted by Gasteiger charge is 2.18. The van der Waals surface area contributed by atoms with Crippen molar-refractivity contribution in [1.82, 2.24) is 0 Å². The largest absolute Gasteiger partial charge is 0.378 e. The van der Waals surface area contributed by atoms with E-state index in [9.17, 15) is 10.1 Å². The predicted octanol–water partition coefficient (Wildman–Crippen LogP) is 3.23. The maximum absolute atomic E-state index is 11.0. The molecule has 20 heavy (non-hydrogen) atoms. The quantitative estimate of drug-likeness (QED) is 0.428. The molecule has 2 N–H and O–H groups in total. The lowest BCUT2D eigenvalue weighted by Gasteiger charge is -2.17. The molecule has 0 saturated heterocycles. The molecule has 1 rings (SSSR count). The van der Waals surface area contributed by atoms with Crippen LogP contribution in [0.1, 0.15) is 44.6 Å². The molecule has 0 fully saturated rings. The zero-order chi connectivity index (χ0) is 15.0. The lowest BCUT2D eigenvalue weighted by molar-refractivity contribution is -0.385. The smallest absolute Gasteiger partial charge is 0.272 e. The van der Waals surface area contributed by atoms with E-state index < -0.39 is 0 Å². The number of nitrogens with zero attached hydrogens (tertiary/aromatic N) is 1. The first kappa shape index (κ1) is 16.6. The molecule has 1 aromatic carbocycles. The van der Waals surface area contributed by atoms with Crippen LogP contribution in [-0.2, 0) is 4.74 Å². The van der Waals surface area contributed by atoms with Crippen molar-refractivity contribution >= 4 is 5.69 Å². The minimum Gasteiger partial charge on any atom is -0.378 e. The van der Waals surface area contributed by atoms with Crippen LogP contribution in [0, 0.1) is 10.1 Å². The van der Waals surface area contributed by atoms with Crippen molar-refractivity contribution in [2.45, 2.75) is 45.1 Å². The number of unbranched alkanes of at least 4 members (excludes halogenated alkanes) is 1. The van der Waals surface area contributed by atoms with Gasteiger partial charge in [-0.3, -0.25) is 10.1 Å². The molecule has 0 saturated carbocycles. The van der Waals surface area contributed by atoms with Gasteiger partial charge in [-0.25, -0.2) is 0 Å². The number of ether oxygens (including phenoxy) is 1. The van der Waals surface area contributed by atoms with Gasteiger partial charge in [0.2, 0.25) is 0 Å². The highest BCUT2D eigenvalue weighted by molar-refractivity contribution is 5.42. The summed E-state index contributed by atoms with van der Waals surface area (Å²) in [5.41, 5.74) is 6.35. The first-order valence-corrected chi connectivity index (χ1v) is 7.11. The van der Waals surface area contributed by atoms with Gasteiger partial charge < -0.3 is 10.5 Å². The minimum absolute atomic E-state index is 0.00792. The summed E-state index contributed by atoms with van der Waals surface area (Å²) in [5.74, 6) is 0.00792. The third kappa shape index (κ3) is 5.27. The lowest BCUT2D eigenvalue weighted by atomic mass is 10.00. The van der Waals surface area contributed by atoms with E-state index in [0.717, 1.165) is 24.8 Å². The SMILES string of the molecule is CC(CCCCN)OCC(C)c1ccccc1[N+](=O)[O-]. The summed E-state index contributed by atoms with van der Waals surface area (Å²) in [7, 11) is 0. The van der Waals surface area contributed by atoms with Crippen LogP contribution in [-0.4, -0.2) is 24.2 Å². The van der Waals surface area contributed by atoms with Gasteiger partial charge in [-0.15, -0.1) is 0 Å². The molecule has 5 nitrogen and oxygen atoms in total. The zero-order valence-electron chi connectivity index (χ0n) is 12.2. The molecular weight excluding hydrogens is 256 g/mol. The number of hydrogen-bond donors (Lipinski definition) is 1. The first-order chi connectivity index (χ1) is 9.56. The number of benzene rings is 1. The number of nitro benzene ring substituents is 1. The van der Waals surface area contributed by atoms with E-state index >= 15 is 0 Å². The Morgan fingerprint density at radius 1 is 1.30 bits per heavy atom. The Kier molecular flexibility index (Phi) is 7.18. The highest BCUT2D eigenvalue weighted by atomic mass is 16.6. The fraction of sp³-hybridized carbons (Fsp3) is 0.600. The Bertz CT molecular complexity index is 423. The Hall–Kier alpha value is -1.46. The molecule has 0 aromatic heterocycles. The van der Waals surface area contributed by atoms with Gasteiger partial charge in [0.15, 0.2) is 0 Å². The van der Waals surface area contributed by atoms with Crippen molar-refractivity contribution in [2.24, 2.45) is 5.73 Å². The average molecular weight is 280 g/mol. The molecule has 0 aliphatic heterocycles. The zero-order valence-corrected chi connectivity index (χ0v) is 12.2. The van der Waals surface area contributed by atoms with Gasteiger partial charge >= 0.3 is 0 Å². The third-order valence-corrected chi connectivity index (χ3v) is 3.36.